The molecule has 4 amide bonds. The van der Waals surface area contributed by atoms with Crippen molar-refractivity contribution >= 4 is 41.5 Å². The minimum Gasteiger partial charge on any atom is -0.481 e. The van der Waals surface area contributed by atoms with Gasteiger partial charge in [0.2, 0.25) is 23.6 Å². The second-order valence-corrected chi connectivity index (χ2v) is 8.87. The molecule has 0 aliphatic carbocycles. The van der Waals surface area contributed by atoms with Gasteiger partial charge in [-0.3, -0.25) is 29.0 Å². The normalized spacial score (nSPS) is 13.5. The zero-order chi connectivity index (χ0) is 30.2. The monoisotopic (exact) mass is 564 g/mol. The highest BCUT2D eigenvalue weighted by molar-refractivity contribution is 5.95. The van der Waals surface area contributed by atoms with Crippen molar-refractivity contribution in [1.82, 2.24) is 16.0 Å². The van der Waals surface area contributed by atoms with Crippen LogP contribution in [0.15, 0.2) is 35.3 Å². The van der Waals surface area contributed by atoms with Crippen LogP contribution in [-0.4, -0.2) is 82.5 Å². The summed E-state index contributed by atoms with van der Waals surface area (Å²) in [6, 6.07) is 2.98. The molecule has 0 saturated carbocycles. The van der Waals surface area contributed by atoms with E-state index in [2.05, 4.69) is 20.9 Å². The van der Waals surface area contributed by atoms with Crippen LogP contribution in [-0.2, 0) is 35.2 Å². The van der Waals surface area contributed by atoms with Crippen molar-refractivity contribution in [2.45, 2.75) is 62.7 Å². The lowest BCUT2D eigenvalue weighted by Crippen LogP contribution is -2.58. The van der Waals surface area contributed by atoms with Crippen LogP contribution >= 0.6 is 0 Å². The Kier molecular flexibility index (Phi) is 14.1. The van der Waals surface area contributed by atoms with E-state index in [0.29, 0.717) is 12.0 Å². The number of carbonyl (C=O) groups is 6. The maximum atomic E-state index is 13.2. The summed E-state index contributed by atoms with van der Waals surface area (Å²) in [6.07, 6.45) is -1.06. The second kappa shape index (κ2) is 17.0. The van der Waals surface area contributed by atoms with Crippen LogP contribution in [0, 0.1) is 0 Å². The molecule has 0 aliphatic heterocycles. The lowest BCUT2D eigenvalue weighted by Gasteiger charge is -2.24. The molecule has 0 heterocycles. The summed E-state index contributed by atoms with van der Waals surface area (Å²) >= 11 is 0. The molecule has 0 spiro atoms. The lowest BCUT2D eigenvalue weighted by molar-refractivity contribution is -0.143. The molecule has 16 nitrogen and oxygen atoms in total. The van der Waals surface area contributed by atoms with Gasteiger partial charge in [-0.25, -0.2) is 4.79 Å². The first-order valence-corrected chi connectivity index (χ1v) is 12.3. The number of benzene rings is 1. The smallest absolute Gasteiger partial charge is 0.326 e. The molecule has 40 heavy (non-hydrogen) atoms. The molecule has 0 aliphatic rings. The van der Waals surface area contributed by atoms with Gasteiger partial charge in [0.05, 0.1) is 12.5 Å². The Balaban J connectivity index is 3.06. The van der Waals surface area contributed by atoms with Gasteiger partial charge in [-0.15, -0.1) is 0 Å². The van der Waals surface area contributed by atoms with Crippen molar-refractivity contribution in [1.29, 1.82) is 0 Å². The summed E-state index contributed by atoms with van der Waals surface area (Å²) in [5.74, 6) is -6.57. The van der Waals surface area contributed by atoms with Gasteiger partial charge < -0.3 is 49.1 Å². The highest BCUT2D eigenvalue weighted by atomic mass is 16.4. The SMILES string of the molecule is NC(=O)CCC(NC(=O)C(CC(=O)O)NC(=O)C(Cc1ccccc1)NC(=O)C(N)CCCN=C(N)N)C(=O)O. The van der Waals surface area contributed by atoms with Crippen LogP contribution in [0.3, 0.4) is 0 Å². The number of guanidine groups is 1. The van der Waals surface area contributed by atoms with Gasteiger partial charge in [-0.2, -0.15) is 0 Å². The number of aliphatic carboxylic acids is 2. The van der Waals surface area contributed by atoms with Gasteiger partial charge in [-0.1, -0.05) is 30.3 Å². The molecular formula is C24H36N8O8. The Labute approximate surface area is 229 Å². The highest BCUT2D eigenvalue weighted by Crippen LogP contribution is 2.07. The maximum absolute atomic E-state index is 13.2. The number of nitrogens with two attached hydrogens (primary N) is 4. The molecule has 0 bridgehead atoms. The first-order chi connectivity index (χ1) is 18.8. The topological polar surface area (TPSA) is 295 Å². The molecule has 4 atom stereocenters. The van der Waals surface area contributed by atoms with Crippen molar-refractivity contribution in [2.75, 3.05) is 6.54 Å². The molecule has 220 valence electrons. The van der Waals surface area contributed by atoms with Crippen LogP contribution < -0.4 is 38.9 Å². The molecule has 0 fully saturated rings. The van der Waals surface area contributed by atoms with Gasteiger partial charge in [-0.05, 0) is 24.8 Å². The highest BCUT2D eigenvalue weighted by Gasteiger charge is 2.31. The fourth-order valence-corrected chi connectivity index (χ4v) is 3.46. The van der Waals surface area contributed by atoms with Crippen molar-refractivity contribution < 1.29 is 39.0 Å². The van der Waals surface area contributed by atoms with E-state index < -0.39 is 66.2 Å². The van der Waals surface area contributed by atoms with E-state index in [9.17, 15) is 39.0 Å². The molecule has 1 aromatic carbocycles. The van der Waals surface area contributed by atoms with Crippen LogP contribution in [0.5, 0.6) is 0 Å². The fourth-order valence-electron chi connectivity index (χ4n) is 3.46. The van der Waals surface area contributed by atoms with Gasteiger partial charge in [0.15, 0.2) is 5.96 Å². The van der Waals surface area contributed by atoms with Crippen molar-refractivity contribution in [2.24, 2.45) is 27.9 Å². The van der Waals surface area contributed by atoms with E-state index in [1.807, 2.05) is 0 Å². The third kappa shape index (κ3) is 13.2. The van der Waals surface area contributed by atoms with E-state index in [-0.39, 0.29) is 38.2 Å². The summed E-state index contributed by atoms with van der Waals surface area (Å²) < 4.78 is 0. The van der Waals surface area contributed by atoms with Crippen molar-refractivity contribution in [3.05, 3.63) is 35.9 Å². The number of carbonyl (C=O) groups excluding carboxylic acids is 4. The van der Waals surface area contributed by atoms with Crippen LogP contribution in [0.25, 0.3) is 0 Å². The molecule has 4 unspecified atom stereocenters. The second-order valence-electron chi connectivity index (χ2n) is 8.87. The average Bonchev–Trinajstić information content (AvgIpc) is 2.87. The van der Waals surface area contributed by atoms with E-state index in [4.69, 9.17) is 22.9 Å². The Hall–Kier alpha value is -4.73. The predicted molar refractivity (Wildman–Crippen MR) is 142 cm³/mol. The number of nitrogens with zero attached hydrogens (tertiary/aromatic N) is 1. The number of nitrogens with one attached hydrogen (secondary N) is 3. The average molecular weight is 565 g/mol. The molecule has 13 N–H and O–H groups in total. The van der Waals surface area contributed by atoms with Gasteiger partial charge >= 0.3 is 11.9 Å². The first kappa shape index (κ1) is 33.3. The largest absolute Gasteiger partial charge is 0.481 e. The van der Waals surface area contributed by atoms with E-state index >= 15 is 0 Å². The summed E-state index contributed by atoms with van der Waals surface area (Å²) in [4.78, 5) is 76.4. The number of carboxylic acids is 2. The van der Waals surface area contributed by atoms with E-state index in [1.165, 1.54) is 0 Å². The molecule has 1 aromatic rings. The zero-order valence-corrected chi connectivity index (χ0v) is 21.7. The Morgan fingerprint density at radius 1 is 0.800 bits per heavy atom. The number of primary amides is 1. The summed E-state index contributed by atoms with van der Waals surface area (Å²) in [7, 11) is 0. The third-order valence-corrected chi connectivity index (χ3v) is 5.53. The molecule has 0 radical (unpaired) electrons. The molecule has 16 heteroatoms. The molecule has 1 rings (SSSR count). The number of aliphatic imine (C=N–C) groups is 1. The number of amides is 4. The number of hydrogen-bond donors (Lipinski definition) is 9. The lowest BCUT2D eigenvalue weighted by atomic mass is 10.0. The van der Waals surface area contributed by atoms with Gasteiger partial charge in [0.25, 0.3) is 0 Å². The van der Waals surface area contributed by atoms with E-state index in [1.54, 1.807) is 30.3 Å². The van der Waals surface area contributed by atoms with Crippen LogP contribution in [0.4, 0.5) is 0 Å². The van der Waals surface area contributed by atoms with E-state index in [0.717, 1.165) is 0 Å². The minimum atomic E-state index is -1.70. The molecule has 0 saturated heterocycles. The third-order valence-electron chi connectivity index (χ3n) is 5.53. The predicted octanol–water partition coefficient (Wildman–Crippen LogP) is -3.11. The van der Waals surface area contributed by atoms with Crippen LogP contribution in [0.1, 0.15) is 37.7 Å². The zero-order valence-electron chi connectivity index (χ0n) is 21.7. The Morgan fingerprint density at radius 3 is 1.93 bits per heavy atom. The van der Waals surface area contributed by atoms with Gasteiger partial charge in [0, 0.05) is 19.4 Å². The standard InChI is InChI=1S/C24H36N8O8/c25-14(7-4-10-29-24(27)28)20(36)31-16(11-13-5-2-1-3-6-13)21(37)32-17(12-19(34)35)22(38)30-15(23(39)40)8-9-18(26)33/h1-3,5-6,14-17H,4,7-12,25H2,(H2,26,33)(H,30,38)(H,31,36)(H,32,37)(H,34,35)(H,39,40)(H4,27,28,29). The number of carboxylic acid groups (broad SMARTS) is 2. The quantitative estimate of drug-likeness (QED) is 0.0488. The number of rotatable bonds is 18. The maximum Gasteiger partial charge on any atom is 0.326 e. The Morgan fingerprint density at radius 2 is 1.38 bits per heavy atom. The number of hydrogen-bond acceptors (Lipinski definition) is 8. The Bertz CT molecular complexity index is 1080. The minimum absolute atomic E-state index is 0.0308. The summed E-state index contributed by atoms with van der Waals surface area (Å²) in [5.41, 5.74) is 22.1. The molecule has 0 aromatic heterocycles. The first-order valence-electron chi connectivity index (χ1n) is 12.3. The fraction of sp³-hybridized carbons (Fsp3) is 0.458. The summed E-state index contributed by atoms with van der Waals surface area (Å²) in [5, 5.41) is 25.5. The van der Waals surface area contributed by atoms with Crippen molar-refractivity contribution in [3.8, 4) is 0 Å². The summed E-state index contributed by atoms with van der Waals surface area (Å²) in [6.45, 7) is 0.236. The van der Waals surface area contributed by atoms with Crippen LogP contribution in [0.2, 0.25) is 0 Å². The van der Waals surface area contributed by atoms with Gasteiger partial charge in [0.1, 0.15) is 18.1 Å². The molecular weight excluding hydrogens is 528 g/mol. The van der Waals surface area contributed by atoms with Crippen molar-refractivity contribution in [3.63, 3.8) is 0 Å².